The van der Waals surface area contributed by atoms with Crippen molar-refractivity contribution in [3.05, 3.63) is 163 Å². The molecular formula is C42H26N8. The fourth-order valence-electron chi connectivity index (χ4n) is 7.65. The third kappa shape index (κ3) is 3.64. The van der Waals surface area contributed by atoms with Crippen LogP contribution in [0.2, 0.25) is 0 Å². The van der Waals surface area contributed by atoms with Crippen molar-refractivity contribution in [1.29, 1.82) is 5.41 Å². The van der Waals surface area contributed by atoms with Crippen LogP contribution < -0.4 is 0 Å². The van der Waals surface area contributed by atoms with E-state index in [2.05, 4.69) is 109 Å². The second kappa shape index (κ2) is 9.98. The summed E-state index contributed by atoms with van der Waals surface area (Å²) in [6.45, 7) is 0. The Labute approximate surface area is 284 Å². The number of nitrogens with one attached hydrogen (secondary N) is 1. The van der Waals surface area contributed by atoms with Crippen molar-refractivity contribution in [3.63, 3.8) is 0 Å². The minimum atomic E-state index is 0.344. The number of rotatable bonds is 3. The lowest BCUT2D eigenvalue weighted by atomic mass is 9.91. The second-order valence-corrected chi connectivity index (χ2v) is 12.6. The molecule has 11 rings (SSSR count). The summed E-state index contributed by atoms with van der Waals surface area (Å²) in [5, 5.41) is 9.31. The first-order chi connectivity index (χ1) is 24.7. The van der Waals surface area contributed by atoms with Gasteiger partial charge < -0.3 is 0 Å². The van der Waals surface area contributed by atoms with E-state index in [0.717, 1.165) is 83.9 Å². The van der Waals surface area contributed by atoms with Crippen molar-refractivity contribution >= 4 is 78.5 Å². The maximum Gasteiger partial charge on any atom is 0.220 e. The van der Waals surface area contributed by atoms with Gasteiger partial charge in [0.15, 0.2) is 0 Å². The Balaban J connectivity index is 1.04. The number of nitrogens with zero attached hydrogens (tertiary/aromatic N) is 7. The zero-order valence-corrected chi connectivity index (χ0v) is 26.6. The fraction of sp³-hybridized carbons (Fsp3) is 0. The highest BCUT2D eigenvalue weighted by atomic mass is 15.2. The molecule has 0 aliphatic heterocycles. The quantitative estimate of drug-likeness (QED) is 0.209. The van der Waals surface area contributed by atoms with E-state index in [4.69, 9.17) is 15.0 Å². The van der Waals surface area contributed by atoms with Crippen molar-refractivity contribution in [2.75, 3.05) is 0 Å². The number of aliphatic imine (C=N–C) groups is 1. The van der Waals surface area contributed by atoms with E-state index < -0.39 is 0 Å². The molecule has 4 aromatic heterocycles. The van der Waals surface area contributed by atoms with Crippen LogP contribution in [0, 0.1) is 5.41 Å². The highest BCUT2D eigenvalue weighted by Crippen LogP contribution is 2.36. The van der Waals surface area contributed by atoms with Crippen LogP contribution in [0.15, 0.2) is 157 Å². The van der Waals surface area contributed by atoms with Crippen molar-refractivity contribution < 1.29 is 0 Å². The van der Waals surface area contributed by atoms with Gasteiger partial charge in [0, 0.05) is 16.8 Å². The molecule has 50 heavy (non-hydrogen) atoms. The van der Waals surface area contributed by atoms with Gasteiger partial charge >= 0.3 is 0 Å². The SMILES string of the molecule is N=C1C=C(n2c3ccccc3n3c4ccccc4nc23)c2ccccc2C1=Nc1ccc(-n2c3ccccc3n3c4ccccc4nc23)cc1. The summed E-state index contributed by atoms with van der Waals surface area (Å²) >= 11 is 0. The molecule has 0 fully saturated rings. The maximum atomic E-state index is 9.31. The fourth-order valence-corrected chi connectivity index (χ4v) is 7.65. The van der Waals surface area contributed by atoms with Crippen LogP contribution >= 0.6 is 0 Å². The first-order valence-corrected chi connectivity index (χ1v) is 16.6. The van der Waals surface area contributed by atoms with E-state index in [0.29, 0.717) is 11.4 Å². The summed E-state index contributed by atoms with van der Waals surface area (Å²) < 4.78 is 8.80. The molecule has 1 aliphatic rings. The largest absolute Gasteiger partial charge is 0.299 e. The van der Waals surface area contributed by atoms with E-state index >= 15 is 0 Å². The molecule has 8 heteroatoms. The predicted molar refractivity (Wildman–Crippen MR) is 201 cm³/mol. The number of para-hydroxylation sites is 8. The van der Waals surface area contributed by atoms with Gasteiger partial charge in [-0.25, -0.2) is 15.0 Å². The summed E-state index contributed by atoms with van der Waals surface area (Å²) in [5.74, 6) is 1.68. The van der Waals surface area contributed by atoms with Crippen molar-refractivity contribution in [2.45, 2.75) is 0 Å². The summed E-state index contributed by atoms with van der Waals surface area (Å²) in [4.78, 5) is 15.2. The Kier molecular flexibility index (Phi) is 5.38. The maximum absolute atomic E-state index is 9.31. The average Bonchev–Trinajstić information content (AvgIpc) is 3.89. The average molecular weight is 643 g/mol. The number of benzene rings is 6. The molecule has 1 N–H and O–H groups in total. The van der Waals surface area contributed by atoms with Crippen molar-refractivity contribution in [1.82, 2.24) is 27.9 Å². The monoisotopic (exact) mass is 642 g/mol. The van der Waals surface area contributed by atoms with Crippen molar-refractivity contribution in [2.24, 2.45) is 4.99 Å². The van der Waals surface area contributed by atoms with Gasteiger partial charge in [-0.15, -0.1) is 0 Å². The molecule has 234 valence electrons. The standard InChI is InChI=1S/C42H26N8/c43-30-25-39(50-38-20-10-9-19-37(38)49-34-16-6-4-14-32(34)46-42(49)50)28-11-1-2-12-29(28)40(30)44-26-21-23-27(24-22-26)47-35-17-7-8-18-36(35)48-33-15-5-3-13-31(33)45-41(47)48/h1-25,43H. The summed E-state index contributed by atoms with van der Waals surface area (Å²) in [7, 11) is 0. The first-order valence-electron chi connectivity index (χ1n) is 16.6. The number of imidazole rings is 4. The van der Waals surface area contributed by atoms with Gasteiger partial charge in [0.25, 0.3) is 0 Å². The van der Waals surface area contributed by atoms with Gasteiger partial charge in [-0.2, -0.15) is 0 Å². The third-order valence-electron chi connectivity index (χ3n) is 9.80. The zero-order valence-electron chi connectivity index (χ0n) is 26.6. The zero-order chi connectivity index (χ0) is 32.9. The van der Waals surface area contributed by atoms with Gasteiger partial charge in [0.1, 0.15) is 0 Å². The predicted octanol–water partition coefficient (Wildman–Crippen LogP) is 9.23. The molecule has 0 atom stereocenters. The topological polar surface area (TPSA) is 80.7 Å². The van der Waals surface area contributed by atoms with E-state index in [1.54, 1.807) is 0 Å². The molecule has 0 saturated carbocycles. The first kappa shape index (κ1) is 26.9. The molecule has 0 unspecified atom stereocenters. The van der Waals surface area contributed by atoms with E-state index in [1.165, 1.54) is 0 Å². The molecule has 10 aromatic rings. The van der Waals surface area contributed by atoms with E-state index in [-0.39, 0.29) is 0 Å². The van der Waals surface area contributed by atoms with Gasteiger partial charge in [-0.05, 0) is 78.9 Å². The molecule has 0 saturated heterocycles. The number of hydrogen-bond donors (Lipinski definition) is 1. The van der Waals surface area contributed by atoms with Crippen LogP contribution in [0.4, 0.5) is 5.69 Å². The molecule has 0 radical (unpaired) electrons. The lowest BCUT2D eigenvalue weighted by molar-refractivity contribution is 1.11. The smallest absolute Gasteiger partial charge is 0.220 e. The van der Waals surface area contributed by atoms with Gasteiger partial charge in [0.05, 0.1) is 66.9 Å². The van der Waals surface area contributed by atoms with E-state index in [9.17, 15) is 5.41 Å². The van der Waals surface area contributed by atoms with Gasteiger partial charge in [-0.3, -0.25) is 23.3 Å². The van der Waals surface area contributed by atoms with Crippen LogP contribution in [-0.2, 0) is 0 Å². The molecule has 4 heterocycles. The van der Waals surface area contributed by atoms with Crippen LogP contribution in [0.25, 0.3) is 67.1 Å². The highest BCUT2D eigenvalue weighted by molar-refractivity contribution is 6.54. The lowest BCUT2D eigenvalue weighted by Crippen LogP contribution is -2.21. The van der Waals surface area contributed by atoms with Crippen LogP contribution in [0.3, 0.4) is 0 Å². The van der Waals surface area contributed by atoms with Crippen molar-refractivity contribution in [3.8, 4) is 5.69 Å². The van der Waals surface area contributed by atoms with Crippen LogP contribution in [0.5, 0.6) is 0 Å². The van der Waals surface area contributed by atoms with Crippen LogP contribution in [-0.4, -0.2) is 39.3 Å². The molecular weight excluding hydrogens is 617 g/mol. The number of fused-ring (bicyclic) bond motifs is 11. The highest BCUT2D eigenvalue weighted by Gasteiger charge is 2.26. The van der Waals surface area contributed by atoms with Gasteiger partial charge in [0.2, 0.25) is 11.6 Å². The third-order valence-corrected chi connectivity index (χ3v) is 9.80. The summed E-state index contributed by atoms with van der Waals surface area (Å²) in [5.41, 5.74) is 13.9. The van der Waals surface area contributed by atoms with E-state index in [1.807, 2.05) is 60.7 Å². The molecule has 0 amide bonds. The van der Waals surface area contributed by atoms with Gasteiger partial charge in [-0.1, -0.05) is 72.8 Å². The number of aromatic nitrogens is 6. The Morgan fingerprint density at radius 1 is 0.460 bits per heavy atom. The second-order valence-electron chi connectivity index (χ2n) is 12.6. The Bertz CT molecular complexity index is 3110. The molecule has 1 aliphatic carbocycles. The molecule has 8 nitrogen and oxygen atoms in total. The Morgan fingerprint density at radius 2 is 0.940 bits per heavy atom. The summed E-state index contributed by atoms with van der Waals surface area (Å²) in [6.07, 6.45) is 1.92. The molecule has 0 bridgehead atoms. The Morgan fingerprint density at radius 3 is 1.56 bits per heavy atom. The number of hydrogen-bond acceptors (Lipinski definition) is 4. The molecule has 0 spiro atoms. The van der Waals surface area contributed by atoms with Crippen LogP contribution in [0.1, 0.15) is 11.1 Å². The molecule has 6 aromatic carbocycles. The normalized spacial score (nSPS) is 14.2. The minimum absolute atomic E-state index is 0.344. The Hall–Kier alpha value is -7.06. The summed E-state index contributed by atoms with van der Waals surface area (Å²) in [6, 6.07) is 49.6. The lowest BCUT2D eigenvalue weighted by Gasteiger charge is -2.21. The minimum Gasteiger partial charge on any atom is -0.299 e. The number of allylic oxidation sites excluding steroid dienone is 1.